The van der Waals surface area contributed by atoms with Gasteiger partial charge in [-0.05, 0) is 54.7 Å². The number of hydrogen-bond donors (Lipinski definition) is 0. The van der Waals surface area contributed by atoms with Crippen LogP contribution in [0.25, 0.3) is 11.1 Å². The summed E-state index contributed by atoms with van der Waals surface area (Å²) >= 11 is 0. The molecule has 2 aromatic rings. The Balaban J connectivity index is 1.73. The number of benzene rings is 2. The smallest absolute Gasteiger partial charge is 0.313 e. The maximum Gasteiger partial charge on any atom is 0.313 e. The van der Waals surface area contributed by atoms with Gasteiger partial charge in [0.05, 0.1) is 5.92 Å². The van der Waals surface area contributed by atoms with Crippen LogP contribution in [0.2, 0.25) is 0 Å². The van der Waals surface area contributed by atoms with Gasteiger partial charge in [0.15, 0.2) is 0 Å². The molecule has 2 nitrogen and oxygen atoms in total. The zero-order chi connectivity index (χ0) is 20.3. The summed E-state index contributed by atoms with van der Waals surface area (Å²) in [6.07, 6.45) is 3.18. The predicted octanol–water partition coefficient (Wildman–Crippen LogP) is 6.60. The van der Waals surface area contributed by atoms with E-state index < -0.39 is 5.92 Å². The quantitative estimate of drug-likeness (QED) is 0.545. The molecule has 150 valence electrons. The lowest BCUT2D eigenvalue weighted by molar-refractivity contribution is -0.157. The van der Waals surface area contributed by atoms with E-state index in [1.807, 2.05) is 36.4 Å². The van der Waals surface area contributed by atoms with Crippen molar-refractivity contribution in [2.45, 2.75) is 59.0 Å². The number of rotatable bonds is 5. The third-order valence-electron chi connectivity index (χ3n) is 6.16. The fraction of sp³-hybridized carbons (Fsp3) is 0.480. The predicted molar refractivity (Wildman–Crippen MR) is 111 cm³/mol. The number of esters is 1. The molecule has 3 heteroatoms. The number of halogens is 1. The highest BCUT2D eigenvalue weighted by atomic mass is 19.1. The largest absolute Gasteiger partial charge is 0.462 e. The molecule has 1 aliphatic rings. The van der Waals surface area contributed by atoms with Gasteiger partial charge in [-0.2, -0.15) is 0 Å². The summed E-state index contributed by atoms with van der Waals surface area (Å²) in [6, 6.07) is 14.5. The normalized spacial score (nSPS) is 23.4. The zero-order valence-electron chi connectivity index (χ0n) is 17.3. The van der Waals surface area contributed by atoms with Crippen molar-refractivity contribution in [1.82, 2.24) is 0 Å². The molecule has 0 aliphatic heterocycles. The van der Waals surface area contributed by atoms with Crippen molar-refractivity contribution in [1.29, 1.82) is 0 Å². The van der Waals surface area contributed by atoms with Gasteiger partial charge in [-0.3, -0.25) is 4.79 Å². The van der Waals surface area contributed by atoms with E-state index >= 15 is 0 Å². The summed E-state index contributed by atoms with van der Waals surface area (Å²) < 4.78 is 20.6. The average molecular weight is 383 g/mol. The molecule has 0 saturated heterocycles. The molecule has 2 aromatic carbocycles. The Morgan fingerprint density at radius 2 is 1.79 bits per heavy atom. The van der Waals surface area contributed by atoms with Crippen molar-refractivity contribution in [3.05, 3.63) is 59.9 Å². The highest BCUT2D eigenvalue weighted by Gasteiger charge is 2.34. The maximum absolute atomic E-state index is 14.7. The van der Waals surface area contributed by atoms with Crippen LogP contribution in [0.15, 0.2) is 48.5 Å². The molecule has 0 aromatic heterocycles. The van der Waals surface area contributed by atoms with Gasteiger partial charge >= 0.3 is 5.97 Å². The van der Waals surface area contributed by atoms with Crippen LogP contribution in [0.3, 0.4) is 0 Å². The highest BCUT2D eigenvalue weighted by molar-refractivity contribution is 5.78. The van der Waals surface area contributed by atoms with Gasteiger partial charge in [-0.15, -0.1) is 0 Å². The molecule has 1 saturated carbocycles. The fourth-order valence-electron chi connectivity index (χ4n) is 4.29. The lowest BCUT2D eigenvalue weighted by Gasteiger charge is -2.37. The number of ether oxygens (including phenoxy) is 1. The van der Waals surface area contributed by atoms with Crippen LogP contribution < -0.4 is 0 Å². The van der Waals surface area contributed by atoms with E-state index in [0.29, 0.717) is 28.9 Å². The first kappa shape index (κ1) is 20.6. The minimum atomic E-state index is -0.482. The summed E-state index contributed by atoms with van der Waals surface area (Å²) in [6.45, 7) is 8.42. The summed E-state index contributed by atoms with van der Waals surface area (Å²) in [4.78, 5) is 12.8. The monoisotopic (exact) mass is 382 g/mol. The van der Waals surface area contributed by atoms with Crippen molar-refractivity contribution in [3.8, 4) is 11.1 Å². The van der Waals surface area contributed by atoms with Gasteiger partial charge in [0.1, 0.15) is 11.9 Å². The van der Waals surface area contributed by atoms with E-state index in [1.54, 1.807) is 13.0 Å². The second-order valence-electron chi connectivity index (χ2n) is 8.63. The Bertz CT molecular complexity index is 799. The van der Waals surface area contributed by atoms with Gasteiger partial charge in [-0.1, -0.05) is 69.7 Å². The van der Waals surface area contributed by atoms with Crippen LogP contribution in [-0.4, -0.2) is 12.1 Å². The third-order valence-corrected chi connectivity index (χ3v) is 6.16. The lowest BCUT2D eigenvalue weighted by atomic mass is 9.75. The fourth-order valence-corrected chi connectivity index (χ4v) is 4.29. The first-order valence-corrected chi connectivity index (χ1v) is 10.4. The average Bonchev–Trinajstić information content (AvgIpc) is 2.67. The van der Waals surface area contributed by atoms with E-state index in [1.165, 1.54) is 12.5 Å². The molecular weight excluding hydrogens is 351 g/mol. The number of hydrogen-bond acceptors (Lipinski definition) is 2. The SMILES string of the molecule is CC(C(=O)O[C@@H]1C[C@@H](C)CC[C@@H]1C(C)C)c1ccc(-c2ccccc2)c(F)c1. The van der Waals surface area contributed by atoms with Crippen LogP contribution in [0.4, 0.5) is 4.39 Å². The van der Waals surface area contributed by atoms with E-state index in [0.717, 1.165) is 18.4 Å². The molecule has 0 heterocycles. The molecule has 0 radical (unpaired) electrons. The van der Waals surface area contributed by atoms with Crippen LogP contribution in [0.5, 0.6) is 0 Å². The topological polar surface area (TPSA) is 26.3 Å². The van der Waals surface area contributed by atoms with Crippen molar-refractivity contribution in [3.63, 3.8) is 0 Å². The van der Waals surface area contributed by atoms with Crippen molar-refractivity contribution >= 4 is 5.97 Å². The molecule has 1 unspecified atom stereocenters. The zero-order valence-corrected chi connectivity index (χ0v) is 17.3. The van der Waals surface area contributed by atoms with Gasteiger partial charge in [0, 0.05) is 5.56 Å². The summed E-state index contributed by atoms with van der Waals surface area (Å²) in [5.74, 6) is 0.425. The molecule has 0 N–H and O–H groups in total. The van der Waals surface area contributed by atoms with Gasteiger partial charge in [0.2, 0.25) is 0 Å². The van der Waals surface area contributed by atoms with Crippen LogP contribution >= 0.6 is 0 Å². The van der Waals surface area contributed by atoms with Crippen LogP contribution in [0.1, 0.15) is 58.4 Å². The van der Waals surface area contributed by atoms with Gasteiger partial charge < -0.3 is 4.74 Å². The van der Waals surface area contributed by atoms with E-state index in [9.17, 15) is 9.18 Å². The first-order valence-electron chi connectivity index (χ1n) is 10.4. The van der Waals surface area contributed by atoms with E-state index in [2.05, 4.69) is 20.8 Å². The minimum absolute atomic E-state index is 0.0351. The standard InChI is InChI=1S/C25H31FO2/c1-16(2)21-12-10-17(3)14-24(21)28-25(27)18(4)20-11-13-22(23(26)15-20)19-8-6-5-7-9-19/h5-9,11,13,15-18,21,24H,10,12,14H2,1-4H3/t17-,18?,21+,24+/m0/s1. The minimum Gasteiger partial charge on any atom is -0.462 e. The molecule has 1 aliphatic carbocycles. The second-order valence-corrected chi connectivity index (χ2v) is 8.63. The Kier molecular flexibility index (Phi) is 6.53. The van der Waals surface area contributed by atoms with Gasteiger partial charge in [0.25, 0.3) is 0 Å². The number of carbonyl (C=O) groups is 1. The van der Waals surface area contributed by atoms with Crippen LogP contribution in [-0.2, 0) is 9.53 Å². The molecular formula is C25H31FO2. The third kappa shape index (κ3) is 4.63. The molecule has 1 fully saturated rings. The van der Waals surface area contributed by atoms with Crippen LogP contribution in [0, 0.1) is 23.6 Å². The maximum atomic E-state index is 14.7. The summed E-state index contributed by atoms with van der Waals surface area (Å²) in [5, 5.41) is 0. The molecule has 3 rings (SSSR count). The molecule has 0 bridgehead atoms. The number of carbonyl (C=O) groups excluding carboxylic acids is 1. The molecule has 0 spiro atoms. The summed E-state index contributed by atoms with van der Waals surface area (Å²) in [5.41, 5.74) is 2.04. The van der Waals surface area contributed by atoms with Crippen molar-refractivity contribution in [2.24, 2.45) is 17.8 Å². The second kappa shape index (κ2) is 8.89. The molecule has 4 atom stereocenters. The lowest BCUT2D eigenvalue weighted by Crippen LogP contribution is -2.36. The summed E-state index contributed by atoms with van der Waals surface area (Å²) in [7, 11) is 0. The van der Waals surface area contributed by atoms with E-state index in [-0.39, 0.29) is 17.9 Å². The van der Waals surface area contributed by atoms with Crippen molar-refractivity contribution < 1.29 is 13.9 Å². The Hall–Kier alpha value is -2.16. The highest BCUT2D eigenvalue weighted by Crippen LogP contribution is 2.36. The molecule has 28 heavy (non-hydrogen) atoms. The Morgan fingerprint density at radius 1 is 1.07 bits per heavy atom. The molecule has 0 amide bonds. The van der Waals surface area contributed by atoms with Gasteiger partial charge in [-0.25, -0.2) is 4.39 Å². The van der Waals surface area contributed by atoms with Crippen molar-refractivity contribution in [2.75, 3.05) is 0 Å². The first-order chi connectivity index (χ1) is 13.4. The van der Waals surface area contributed by atoms with E-state index in [4.69, 9.17) is 4.74 Å². The Morgan fingerprint density at radius 3 is 2.43 bits per heavy atom. The Labute approximate surface area is 168 Å².